The highest BCUT2D eigenvalue weighted by Crippen LogP contribution is 2.41. The number of aryl methyl sites for hydroxylation is 2. The Kier molecular flexibility index (Phi) is 4.96. The molecule has 3 heterocycles. The third kappa shape index (κ3) is 3.43. The number of benzene rings is 2. The van der Waals surface area contributed by atoms with Crippen molar-refractivity contribution in [1.29, 1.82) is 0 Å². The van der Waals surface area contributed by atoms with Gasteiger partial charge >= 0.3 is 0 Å². The van der Waals surface area contributed by atoms with Crippen molar-refractivity contribution in [3.63, 3.8) is 0 Å². The number of ketones is 1. The van der Waals surface area contributed by atoms with Gasteiger partial charge in [0.05, 0.1) is 16.8 Å². The molecule has 2 N–H and O–H groups in total. The number of aromatic nitrogens is 1. The van der Waals surface area contributed by atoms with Crippen molar-refractivity contribution in [2.45, 2.75) is 26.7 Å². The molecule has 32 heavy (non-hydrogen) atoms. The number of fused-ring (bicyclic) bond motifs is 2. The SMILES string of the molecule is Cc1ccc(C(=O)c2cnc3cc4c(cc3c2N2CCC(C(N)=O)CC2)OCO4)cc1C. The molecule has 1 saturated heterocycles. The van der Waals surface area contributed by atoms with Gasteiger partial charge in [-0.15, -0.1) is 0 Å². The zero-order valence-electron chi connectivity index (χ0n) is 18.2. The second kappa shape index (κ2) is 7.82. The molecule has 0 bridgehead atoms. The first-order valence-electron chi connectivity index (χ1n) is 10.8. The van der Waals surface area contributed by atoms with Gasteiger partial charge in [-0.05, 0) is 49.9 Å². The van der Waals surface area contributed by atoms with Gasteiger partial charge in [0.2, 0.25) is 12.7 Å². The quantitative estimate of drug-likeness (QED) is 0.635. The van der Waals surface area contributed by atoms with E-state index in [9.17, 15) is 9.59 Å². The molecule has 7 heteroatoms. The zero-order chi connectivity index (χ0) is 22.4. The molecular weight excluding hydrogens is 406 g/mol. The van der Waals surface area contributed by atoms with Crippen LogP contribution < -0.4 is 20.1 Å². The number of pyridine rings is 1. The van der Waals surface area contributed by atoms with E-state index in [4.69, 9.17) is 15.2 Å². The van der Waals surface area contributed by atoms with E-state index in [-0.39, 0.29) is 24.4 Å². The smallest absolute Gasteiger partial charge is 0.231 e. The molecule has 0 radical (unpaired) electrons. The molecule has 1 fully saturated rings. The van der Waals surface area contributed by atoms with Gasteiger partial charge in [0.1, 0.15) is 0 Å². The Morgan fingerprint density at radius 3 is 2.44 bits per heavy atom. The van der Waals surface area contributed by atoms with Crippen molar-refractivity contribution in [3.8, 4) is 11.5 Å². The lowest BCUT2D eigenvalue weighted by Crippen LogP contribution is -2.39. The predicted molar refractivity (Wildman–Crippen MR) is 121 cm³/mol. The fourth-order valence-electron chi connectivity index (χ4n) is 4.50. The minimum Gasteiger partial charge on any atom is -0.454 e. The molecule has 1 amide bonds. The highest BCUT2D eigenvalue weighted by molar-refractivity contribution is 6.16. The van der Waals surface area contributed by atoms with Crippen LogP contribution in [-0.2, 0) is 4.79 Å². The van der Waals surface area contributed by atoms with Gasteiger partial charge in [-0.3, -0.25) is 14.6 Å². The summed E-state index contributed by atoms with van der Waals surface area (Å²) < 4.78 is 11.1. The minimum absolute atomic E-state index is 0.0767. The van der Waals surface area contributed by atoms with Gasteiger partial charge in [0, 0.05) is 42.2 Å². The molecule has 0 atom stereocenters. The molecule has 7 nitrogen and oxygen atoms in total. The van der Waals surface area contributed by atoms with Crippen LogP contribution in [0.15, 0.2) is 36.5 Å². The Morgan fingerprint density at radius 1 is 1.03 bits per heavy atom. The molecule has 0 saturated carbocycles. The maximum absolute atomic E-state index is 13.6. The summed E-state index contributed by atoms with van der Waals surface area (Å²) in [6.45, 7) is 5.46. The molecule has 1 aromatic heterocycles. The van der Waals surface area contributed by atoms with Crippen molar-refractivity contribution in [2.24, 2.45) is 11.7 Å². The van der Waals surface area contributed by atoms with E-state index in [1.54, 1.807) is 6.20 Å². The molecule has 2 aliphatic heterocycles. The Bertz CT molecular complexity index is 1250. The van der Waals surface area contributed by atoms with E-state index in [0.29, 0.717) is 48.6 Å². The number of primary amides is 1. The Morgan fingerprint density at radius 2 is 1.75 bits per heavy atom. The molecule has 0 unspecified atom stereocenters. The van der Waals surface area contributed by atoms with E-state index >= 15 is 0 Å². The molecule has 2 aliphatic rings. The number of piperidine rings is 1. The first-order valence-corrected chi connectivity index (χ1v) is 10.8. The number of rotatable bonds is 4. The number of carbonyl (C=O) groups is 2. The van der Waals surface area contributed by atoms with Gasteiger partial charge in [-0.2, -0.15) is 0 Å². The van der Waals surface area contributed by atoms with Crippen molar-refractivity contribution in [2.75, 3.05) is 24.8 Å². The highest BCUT2D eigenvalue weighted by atomic mass is 16.7. The lowest BCUT2D eigenvalue weighted by molar-refractivity contribution is -0.122. The molecular formula is C25H25N3O4. The first kappa shape index (κ1) is 20.3. The molecule has 2 aromatic carbocycles. The average Bonchev–Trinajstić information content (AvgIpc) is 3.25. The van der Waals surface area contributed by atoms with Crippen LogP contribution in [0.5, 0.6) is 11.5 Å². The second-order valence-electron chi connectivity index (χ2n) is 8.53. The van der Waals surface area contributed by atoms with E-state index in [2.05, 4.69) is 9.88 Å². The summed E-state index contributed by atoms with van der Waals surface area (Å²) in [5.74, 6) is 0.811. The lowest BCUT2D eigenvalue weighted by atomic mass is 9.93. The van der Waals surface area contributed by atoms with Crippen LogP contribution >= 0.6 is 0 Å². The van der Waals surface area contributed by atoms with Gasteiger partial charge < -0.3 is 20.1 Å². The summed E-state index contributed by atoms with van der Waals surface area (Å²) in [6, 6.07) is 9.49. The van der Waals surface area contributed by atoms with Crippen molar-refractivity contribution < 1.29 is 19.1 Å². The summed E-state index contributed by atoms with van der Waals surface area (Å²) in [6.07, 6.45) is 2.96. The Labute approximate surface area is 186 Å². The number of amides is 1. The zero-order valence-corrected chi connectivity index (χ0v) is 18.2. The lowest BCUT2D eigenvalue weighted by Gasteiger charge is -2.34. The number of hydrogen-bond donors (Lipinski definition) is 1. The number of carbonyl (C=O) groups excluding carboxylic acids is 2. The predicted octanol–water partition coefficient (Wildman–Crippen LogP) is 3.51. The molecule has 3 aromatic rings. The second-order valence-corrected chi connectivity index (χ2v) is 8.53. The third-order valence-corrected chi connectivity index (χ3v) is 6.56. The van der Waals surface area contributed by atoms with Crippen molar-refractivity contribution >= 4 is 28.3 Å². The van der Waals surface area contributed by atoms with Crippen LogP contribution in [0.25, 0.3) is 10.9 Å². The molecule has 5 rings (SSSR count). The van der Waals surface area contributed by atoms with Crippen molar-refractivity contribution in [1.82, 2.24) is 4.98 Å². The van der Waals surface area contributed by atoms with Gasteiger partial charge in [-0.1, -0.05) is 12.1 Å². The third-order valence-electron chi connectivity index (χ3n) is 6.56. The van der Waals surface area contributed by atoms with Crippen LogP contribution in [0.3, 0.4) is 0 Å². The normalized spacial score (nSPS) is 15.9. The van der Waals surface area contributed by atoms with Crippen LogP contribution in [-0.4, -0.2) is 36.6 Å². The maximum atomic E-state index is 13.6. The molecule has 0 spiro atoms. The topological polar surface area (TPSA) is 94.8 Å². The highest BCUT2D eigenvalue weighted by Gasteiger charge is 2.29. The maximum Gasteiger partial charge on any atom is 0.231 e. The van der Waals surface area contributed by atoms with E-state index in [1.165, 1.54) is 0 Å². The number of ether oxygens (including phenoxy) is 2. The molecule has 0 aliphatic carbocycles. The van der Waals surface area contributed by atoms with Crippen LogP contribution in [0.1, 0.15) is 39.9 Å². The summed E-state index contributed by atoms with van der Waals surface area (Å²) >= 11 is 0. The van der Waals surface area contributed by atoms with Gasteiger partial charge in [0.15, 0.2) is 17.3 Å². The standard InChI is InChI=1S/C25H25N3O4/c1-14-3-4-17(9-15(14)2)24(29)19-12-27-20-11-22-21(31-13-32-22)10-18(20)23(19)28-7-5-16(6-8-28)25(26)30/h3-4,9-12,16H,5-8,13H2,1-2H3,(H2,26,30). The Balaban J connectivity index is 1.64. The average molecular weight is 431 g/mol. The first-order chi connectivity index (χ1) is 15.4. The fraction of sp³-hybridized carbons (Fsp3) is 0.320. The summed E-state index contributed by atoms with van der Waals surface area (Å²) in [7, 11) is 0. The largest absolute Gasteiger partial charge is 0.454 e. The van der Waals surface area contributed by atoms with Gasteiger partial charge in [-0.25, -0.2) is 0 Å². The number of nitrogens with zero attached hydrogens (tertiary/aromatic N) is 2. The van der Waals surface area contributed by atoms with E-state index in [1.807, 2.05) is 44.2 Å². The van der Waals surface area contributed by atoms with Crippen molar-refractivity contribution in [3.05, 3.63) is 58.8 Å². The summed E-state index contributed by atoms with van der Waals surface area (Å²) in [5.41, 5.74) is 10.5. The van der Waals surface area contributed by atoms with Crippen LogP contribution in [0, 0.1) is 19.8 Å². The fourth-order valence-corrected chi connectivity index (χ4v) is 4.50. The molecule has 164 valence electrons. The van der Waals surface area contributed by atoms with E-state index < -0.39 is 0 Å². The van der Waals surface area contributed by atoms with E-state index in [0.717, 1.165) is 27.7 Å². The van der Waals surface area contributed by atoms with Gasteiger partial charge in [0.25, 0.3) is 0 Å². The van der Waals surface area contributed by atoms with Crippen LogP contribution in [0.2, 0.25) is 0 Å². The monoisotopic (exact) mass is 431 g/mol. The minimum atomic E-state index is -0.265. The van der Waals surface area contributed by atoms with Crippen LogP contribution in [0.4, 0.5) is 5.69 Å². The Hall–Kier alpha value is -3.61. The summed E-state index contributed by atoms with van der Waals surface area (Å²) in [4.78, 5) is 32.0. The number of nitrogens with two attached hydrogens (primary N) is 1. The number of anilines is 1. The number of hydrogen-bond acceptors (Lipinski definition) is 6. The summed E-state index contributed by atoms with van der Waals surface area (Å²) in [5, 5.41) is 0.835.